The molecular formula is C25H31N3O3S2. The molecular weight excluding hydrogens is 454 g/mol. The van der Waals surface area contributed by atoms with Crippen molar-refractivity contribution in [2.24, 2.45) is 0 Å². The monoisotopic (exact) mass is 485 g/mol. The highest BCUT2D eigenvalue weighted by Crippen LogP contribution is 2.20. The van der Waals surface area contributed by atoms with Crippen molar-refractivity contribution in [1.82, 2.24) is 10.2 Å². The third-order valence-electron chi connectivity index (χ3n) is 5.51. The van der Waals surface area contributed by atoms with Crippen LogP contribution in [0.3, 0.4) is 0 Å². The van der Waals surface area contributed by atoms with Gasteiger partial charge in [0.05, 0.1) is 6.42 Å². The topological polar surface area (TPSA) is 78.5 Å². The first-order valence-corrected chi connectivity index (χ1v) is 13.5. The first-order valence-electron chi connectivity index (χ1n) is 11.1. The van der Waals surface area contributed by atoms with E-state index in [1.54, 1.807) is 41.8 Å². The molecule has 1 unspecified atom stereocenters. The minimum atomic E-state index is -3.58. The Morgan fingerprint density at radius 3 is 2.24 bits per heavy atom. The Morgan fingerprint density at radius 2 is 1.64 bits per heavy atom. The maximum atomic E-state index is 12.6. The number of nitrogens with zero attached hydrogens (tertiary/aromatic N) is 1. The molecule has 3 rings (SSSR count). The van der Waals surface area contributed by atoms with Gasteiger partial charge in [-0.3, -0.25) is 14.4 Å². The second-order valence-corrected chi connectivity index (χ2v) is 10.6. The molecule has 6 nitrogen and oxygen atoms in total. The summed E-state index contributed by atoms with van der Waals surface area (Å²) in [6, 6.07) is 20.7. The van der Waals surface area contributed by atoms with Crippen LogP contribution in [-0.4, -0.2) is 44.9 Å². The summed E-state index contributed by atoms with van der Waals surface area (Å²) in [6.45, 7) is 6.70. The van der Waals surface area contributed by atoms with Crippen LogP contribution in [0.1, 0.15) is 25.0 Å². The molecule has 2 N–H and O–H groups in total. The van der Waals surface area contributed by atoms with E-state index in [2.05, 4.69) is 40.9 Å². The summed E-state index contributed by atoms with van der Waals surface area (Å²) in [5.41, 5.74) is 2.55. The molecule has 2 aromatic carbocycles. The lowest BCUT2D eigenvalue weighted by Gasteiger charge is -2.30. The van der Waals surface area contributed by atoms with Gasteiger partial charge >= 0.3 is 0 Å². The van der Waals surface area contributed by atoms with Crippen molar-refractivity contribution in [1.29, 1.82) is 0 Å². The molecule has 0 saturated carbocycles. The Morgan fingerprint density at radius 1 is 0.939 bits per heavy atom. The highest BCUT2D eigenvalue weighted by atomic mass is 32.2. The predicted octanol–water partition coefficient (Wildman–Crippen LogP) is 4.16. The molecule has 1 aromatic heterocycles. The number of sulfonamides is 1. The molecule has 0 fully saturated rings. The van der Waals surface area contributed by atoms with E-state index in [4.69, 9.17) is 0 Å². The van der Waals surface area contributed by atoms with Gasteiger partial charge in [0.1, 0.15) is 4.21 Å². The Hall–Kier alpha value is -2.68. The number of carbonyl (C=O) groups excluding carboxylic acids is 1. The zero-order valence-electron chi connectivity index (χ0n) is 19.0. The average Bonchev–Trinajstić information content (AvgIpc) is 3.36. The Labute approximate surface area is 200 Å². The van der Waals surface area contributed by atoms with E-state index < -0.39 is 10.0 Å². The maximum absolute atomic E-state index is 12.6. The van der Waals surface area contributed by atoms with Crippen LogP contribution in [0.15, 0.2) is 76.3 Å². The smallest absolute Gasteiger partial charge is 0.271 e. The molecule has 0 aliphatic rings. The van der Waals surface area contributed by atoms with Crippen molar-refractivity contribution in [3.63, 3.8) is 0 Å². The van der Waals surface area contributed by atoms with Crippen LogP contribution in [0.5, 0.6) is 0 Å². The number of likely N-dealkylation sites (N-methyl/N-ethyl adjacent to an activating group) is 1. The fraction of sp³-hybridized carbons (Fsp3) is 0.320. The lowest BCUT2D eigenvalue weighted by atomic mass is 10.0. The van der Waals surface area contributed by atoms with E-state index >= 15 is 0 Å². The molecule has 0 spiro atoms. The number of rotatable bonds is 12. The van der Waals surface area contributed by atoms with Gasteiger partial charge in [0.25, 0.3) is 10.0 Å². The van der Waals surface area contributed by atoms with Gasteiger partial charge in [0.2, 0.25) is 5.91 Å². The van der Waals surface area contributed by atoms with Crippen LogP contribution in [0, 0.1) is 0 Å². The largest absolute Gasteiger partial charge is 0.354 e. The van der Waals surface area contributed by atoms with Gasteiger partial charge in [-0.05, 0) is 54.2 Å². The minimum absolute atomic E-state index is 0.0489. The SMILES string of the molecule is CCN(CC)C(CNC(=O)Cc1ccc(NS(=O)(=O)c2cccs2)cc1)Cc1ccccc1. The maximum Gasteiger partial charge on any atom is 0.271 e. The lowest BCUT2D eigenvalue weighted by molar-refractivity contribution is -0.120. The zero-order chi connectivity index (χ0) is 23.7. The van der Waals surface area contributed by atoms with Crippen LogP contribution in [0.4, 0.5) is 5.69 Å². The summed E-state index contributed by atoms with van der Waals surface area (Å²) >= 11 is 1.17. The fourth-order valence-corrected chi connectivity index (χ4v) is 5.80. The Kier molecular flexibility index (Phi) is 9.05. The van der Waals surface area contributed by atoms with Gasteiger partial charge in [0.15, 0.2) is 0 Å². The quantitative estimate of drug-likeness (QED) is 0.404. The minimum Gasteiger partial charge on any atom is -0.354 e. The number of nitrogens with one attached hydrogen (secondary N) is 2. The number of carbonyl (C=O) groups is 1. The van der Waals surface area contributed by atoms with Crippen LogP contribution in [0.25, 0.3) is 0 Å². The van der Waals surface area contributed by atoms with Crippen LogP contribution in [0.2, 0.25) is 0 Å². The molecule has 0 saturated heterocycles. The number of amides is 1. The predicted molar refractivity (Wildman–Crippen MR) is 135 cm³/mol. The molecule has 0 aliphatic heterocycles. The summed E-state index contributed by atoms with van der Waals surface area (Å²) in [5.74, 6) is -0.0489. The van der Waals surface area contributed by atoms with Gasteiger partial charge in [-0.2, -0.15) is 0 Å². The van der Waals surface area contributed by atoms with Gasteiger partial charge in [-0.1, -0.05) is 62.4 Å². The summed E-state index contributed by atoms with van der Waals surface area (Å²) < 4.78 is 27.5. The van der Waals surface area contributed by atoms with Crippen LogP contribution in [-0.2, 0) is 27.7 Å². The highest BCUT2D eigenvalue weighted by molar-refractivity contribution is 7.94. The number of hydrogen-bond acceptors (Lipinski definition) is 5. The number of thiophene rings is 1. The van der Waals surface area contributed by atoms with E-state index in [1.165, 1.54) is 16.9 Å². The van der Waals surface area contributed by atoms with E-state index in [0.29, 0.717) is 12.2 Å². The molecule has 0 radical (unpaired) electrons. The van der Waals surface area contributed by atoms with Gasteiger partial charge in [-0.15, -0.1) is 11.3 Å². The normalized spacial score (nSPS) is 12.5. The second kappa shape index (κ2) is 12.0. The third-order valence-corrected chi connectivity index (χ3v) is 8.29. The summed E-state index contributed by atoms with van der Waals surface area (Å²) in [5, 5.41) is 4.80. The average molecular weight is 486 g/mol. The first-order chi connectivity index (χ1) is 15.9. The van der Waals surface area contributed by atoms with E-state index in [-0.39, 0.29) is 22.6 Å². The summed E-state index contributed by atoms with van der Waals surface area (Å²) in [6.07, 6.45) is 1.12. The van der Waals surface area contributed by atoms with Crippen molar-refractivity contribution in [2.75, 3.05) is 24.4 Å². The summed E-state index contributed by atoms with van der Waals surface area (Å²) in [7, 11) is -3.58. The Balaban J connectivity index is 1.55. The van der Waals surface area contributed by atoms with E-state index in [0.717, 1.165) is 25.1 Å². The first kappa shape index (κ1) is 25.0. The molecule has 0 bridgehead atoms. The van der Waals surface area contributed by atoms with Gasteiger partial charge < -0.3 is 5.32 Å². The van der Waals surface area contributed by atoms with E-state index in [9.17, 15) is 13.2 Å². The molecule has 33 heavy (non-hydrogen) atoms. The van der Waals surface area contributed by atoms with Crippen molar-refractivity contribution in [3.8, 4) is 0 Å². The van der Waals surface area contributed by atoms with Crippen LogP contribution >= 0.6 is 11.3 Å². The van der Waals surface area contributed by atoms with Crippen molar-refractivity contribution in [3.05, 3.63) is 83.2 Å². The number of anilines is 1. The second-order valence-electron chi connectivity index (χ2n) is 7.78. The molecule has 1 amide bonds. The Bertz CT molecular complexity index is 1100. The standard InChI is InChI=1S/C25H31N3O3S2/c1-3-28(4-2)23(17-20-9-6-5-7-10-20)19-26-24(29)18-21-12-14-22(15-13-21)27-33(30,31)25-11-8-16-32-25/h5-16,23,27H,3-4,17-19H2,1-2H3,(H,26,29). The summed E-state index contributed by atoms with van der Waals surface area (Å²) in [4.78, 5) is 15.0. The lowest BCUT2D eigenvalue weighted by Crippen LogP contribution is -2.45. The fourth-order valence-electron chi connectivity index (χ4n) is 3.75. The van der Waals surface area contributed by atoms with E-state index in [1.807, 2.05) is 18.2 Å². The van der Waals surface area contributed by atoms with Crippen molar-refractivity contribution in [2.45, 2.75) is 36.9 Å². The molecule has 176 valence electrons. The molecule has 0 aliphatic carbocycles. The number of benzene rings is 2. The molecule has 3 aromatic rings. The number of hydrogen-bond donors (Lipinski definition) is 2. The van der Waals surface area contributed by atoms with Gasteiger partial charge in [0, 0.05) is 18.3 Å². The highest BCUT2D eigenvalue weighted by Gasteiger charge is 2.18. The molecule has 1 heterocycles. The molecule has 8 heteroatoms. The molecule has 1 atom stereocenters. The van der Waals surface area contributed by atoms with Crippen molar-refractivity contribution < 1.29 is 13.2 Å². The zero-order valence-corrected chi connectivity index (χ0v) is 20.7. The van der Waals surface area contributed by atoms with Crippen LogP contribution < -0.4 is 10.0 Å². The van der Waals surface area contributed by atoms with Gasteiger partial charge in [-0.25, -0.2) is 8.42 Å². The third kappa shape index (κ3) is 7.42. The van der Waals surface area contributed by atoms with Crippen molar-refractivity contribution >= 4 is 33.0 Å².